The Kier molecular flexibility index (Phi) is 7.12. The number of carbonyl (C=O) groups excluding carboxylic acids is 3. The summed E-state index contributed by atoms with van der Waals surface area (Å²) in [5, 5.41) is 2.61. The van der Waals surface area contributed by atoms with Crippen molar-refractivity contribution in [1.82, 2.24) is 9.97 Å². The van der Waals surface area contributed by atoms with Crippen LogP contribution in [0.4, 0.5) is 5.82 Å². The number of nitrogens with one attached hydrogen (secondary N) is 2. The molecular weight excluding hydrogens is 428 g/mol. The highest BCUT2D eigenvalue weighted by molar-refractivity contribution is 7.86. The van der Waals surface area contributed by atoms with E-state index in [-0.39, 0.29) is 11.4 Å². The van der Waals surface area contributed by atoms with Gasteiger partial charge in [0, 0.05) is 20.0 Å². The van der Waals surface area contributed by atoms with Gasteiger partial charge >= 0.3 is 17.6 Å². The van der Waals surface area contributed by atoms with Gasteiger partial charge in [-0.3, -0.25) is 23.6 Å². The Labute approximate surface area is 170 Å². The summed E-state index contributed by atoms with van der Waals surface area (Å²) in [5.74, 6) is -2.63. The van der Waals surface area contributed by atoms with Gasteiger partial charge in [0.1, 0.15) is 24.6 Å². The summed E-state index contributed by atoms with van der Waals surface area (Å²) in [6.07, 6.45) is -3.61. The average Bonchev–Trinajstić information content (AvgIpc) is 2.87. The molecule has 4 atom stereocenters. The number of hydrogen-bond acceptors (Lipinski definition) is 12. The highest BCUT2D eigenvalue weighted by atomic mass is 32.2. The van der Waals surface area contributed by atoms with Gasteiger partial charge in [-0.1, -0.05) is 0 Å². The van der Waals surface area contributed by atoms with E-state index >= 15 is 0 Å². The Hall–Kier alpha value is -3.04. The predicted molar refractivity (Wildman–Crippen MR) is 97.6 cm³/mol. The maximum absolute atomic E-state index is 11.7. The van der Waals surface area contributed by atoms with Gasteiger partial charge in [0.2, 0.25) is 0 Å². The second-order valence-corrected chi connectivity index (χ2v) is 7.82. The molecule has 1 aromatic rings. The minimum atomic E-state index is -4.05. The minimum Gasteiger partial charge on any atom is -0.463 e. The number of aromatic amines is 1. The van der Waals surface area contributed by atoms with Crippen LogP contribution in [0.3, 0.4) is 0 Å². The average molecular weight is 448 g/mol. The van der Waals surface area contributed by atoms with Crippen LogP contribution in [0.2, 0.25) is 0 Å². The lowest BCUT2D eigenvalue weighted by Gasteiger charge is -2.23. The normalized spacial score (nSPS) is 23.6. The van der Waals surface area contributed by atoms with E-state index in [0.29, 0.717) is 0 Å². The van der Waals surface area contributed by atoms with Crippen molar-refractivity contribution in [3.8, 4) is 0 Å². The number of ether oxygens (including phenoxy) is 3. The summed E-state index contributed by atoms with van der Waals surface area (Å²) in [7, 11) is -4.05. The Bertz CT molecular complexity index is 991. The van der Waals surface area contributed by atoms with Crippen LogP contribution in [0.25, 0.3) is 0 Å². The third-order valence-electron chi connectivity index (χ3n) is 3.71. The van der Waals surface area contributed by atoms with Gasteiger partial charge in [-0.25, -0.2) is 9.78 Å². The maximum Gasteiger partial charge on any atom is 0.346 e. The van der Waals surface area contributed by atoms with E-state index in [2.05, 4.69) is 15.3 Å². The van der Waals surface area contributed by atoms with Gasteiger partial charge in [-0.15, -0.1) is 0 Å². The number of aromatic nitrogens is 2. The van der Waals surface area contributed by atoms with Gasteiger partial charge in [-0.05, 0) is 0 Å². The topological polar surface area (TPSA) is 206 Å². The number of rotatable bonds is 8. The van der Waals surface area contributed by atoms with Gasteiger partial charge < -0.3 is 25.3 Å². The smallest absolute Gasteiger partial charge is 0.346 e. The second-order valence-electron chi connectivity index (χ2n) is 6.22. The lowest BCUT2D eigenvalue weighted by atomic mass is 10.1. The Morgan fingerprint density at radius 2 is 1.93 bits per heavy atom. The minimum absolute atomic E-state index is 0.212. The van der Waals surface area contributed by atoms with E-state index in [1.54, 1.807) is 0 Å². The molecule has 30 heavy (non-hydrogen) atoms. The van der Waals surface area contributed by atoms with E-state index in [1.807, 2.05) is 0 Å². The lowest BCUT2D eigenvalue weighted by molar-refractivity contribution is -0.151. The number of amides is 1. The first-order valence-electron chi connectivity index (χ1n) is 8.37. The summed E-state index contributed by atoms with van der Waals surface area (Å²) < 4.78 is 44.0. The number of hydrogen-bond donors (Lipinski definition) is 3. The number of H-pyrrole nitrogens is 1. The molecule has 0 aromatic carbocycles. The third kappa shape index (κ3) is 6.23. The second kappa shape index (κ2) is 9.19. The van der Waals surface area contributed by atoms with Crippen molar-refractivity contribution in [3.05, 3.63) is 22.2 Å². The summed E-state index contributed by atoms with van der Waals surface area (Å²) in [6, 6.07) is 0. The summed E-state index contributed by atoms with van der Waals surface area (Å²) in [4.78, 5) is 51.5. The molecule has 1 aliphatic heterocycles. The van der Waals surface area contributed by atoms with E-state index in [1.165, 1.54) is 0 Å². The van der Waals surface area contributed by atoms with Crippen LogP contribution in [0, 0.1) is 0 Å². The molecule has 0 unspecified atom stereocenters. The van der Waals surface area contributed by atoms with Crippen LogP contribution in [0.15, 0.2) is 11.0 Å². The number of carbonyl (C=O) groups is 3. The van der Waals surface area contributed by atoms with Crippen LogP contribution in [-0.4, -0.2) is 73.6 Å². The van der Waals surface area contributed by atoms with E-state index in [9.17, 15) is 27.6 Å². The van der Waals surface area contributed by atoms with Crippen LogP contribution in [0.1, 0.15) is 24.2 Å². The zero-order valence-corrected chi connectivity index (χ0v) is 16.9. The van der Waals surface area contributed by atoms with E-state index in [4.69, 9.17) is 24.1 Å². The molecule has 1 aliphatic rings. The lowest BCUT2D eigenvalue weighted by Crippen LogP contribution is -2.43. The fourth-order valence-electron chi connectivity index (χ4n) is 2.65. The van der Waals surface area contributed by atoms with Crippen molar-refractivity contribution in [2.75, 3.05) is 18.2 Å². The predicted octanol–water partition coefficient (Wildman–Crippen LogP) is -2.15. The van der Waals surface area contributed by atoms with Gasteiger partial charge in [0.15, 0.2) is 12.3 Å². The van der Waals surface area contributed by atoms with Crippen LogP contribution in [0.5, 0.6) is 0 Å². The quantitative estimate of drug-likeness (QED) is 0.287. The highest BCUT2D eigenvalue weighted by Gasteiger charge is 2.50. The number of anilines is 1. The molecule has 0 bridgehead atoms. The molecule has 4 N–H and O–H groups in total. The van der Waals surface area contributed by atoms with E-state index < -0.39 is 64.8 Å². The molecule has 2 heterocycles. The first-order valence-corrected chi connectivity index (χ1v) is 10.2. The van der Waals surface area contributed by atoms with E-state index in [0.717, 1.165) is 26.3 Å². The van der Waals surface area contributed by atoms with Crippen molar-refractivity contribution >= 4 is 33.8 Å². The van der Waals surface area contributed by atoms with Crippen molar-refractivity contribution in [1.29, 1.82) is 0 Å². The highest BCUT2D eigenvalue weighted by Crippen LogP contribution is 2.29. The molecule has 1 fully saturated rings. The summed E-state index contributed by atoms with van der Waals surface area (Å²) in [5.41, 5.74) is 4.20. The van der Waals surface area contributed by atoms with Gasteiger partial charge in [0.05, 0.1) is 11.8 Å². The molecule has 0 aliphatic carbocycles. The molecule has 0 spiro atoms. The maximum atomic E-state index is 11.7. The number of esters is 2. The summed E-state index contributed by atoms with van der Waals surface area (Å²) in [6.45, 7) is 1.76. The van der Waals surface area contributed by atoms with Crippen LogP contribution in [-0.2, 0) is 38.1 Å². The molecule has 1 amide bonds. The first-order chi connectivity index (χ1) is 13.9. The third-order valence-corrected chi connectivity index (χ3v) is 4.28. The number of primary amides is 1. The molecule has 166 valence electrons. The Morgan fingerprint density at radius 1 is 1.27 bits per heavy atom. The molecule has 1 saturated heterocycles. The first kappa shape index (κ1) is 23.2. The Balaban J connectivity index is 2.42. The van der Waals surface area contributed by atoms with Gasteiger partial charge in [0.25, 0.3) is 16.0 Å². The molecule has 14 nitrogen and oxygen atoms in total. The SMILES string of the molecule is CC(=O)OC[C@H]1O[C@@H](Nc2[nH]c(=O)ncc2C(N)=O)[C@H](OC(C)=O)[C@H]1OS(C)(=O)=O. The fraction of sp³-hybridized carbons (Fsp3) is 0.533. The number of nitrogens with zero attached hydrogens (tertiary/aromatic N) is 1. The van der Waals surface area contributed by atoms with Crippen molar-refractivity contribution in [2.45, 2.75) is 38.4 Å². The number of nitrogens with two attached hydrogens (primary N) is 1. The van der Waals surface area contributed by atoms with Crippen LogP contribution >= 0.6 is 0 Å². The zero-order chi connectivity index (χ0) is 22.6. The fourth-order valence-corrected chi connectivity index (χ4v) is 3.29. The molecular formula is C15H20N4O10S. The molecule has 0 saturated carbocycles. The largest absolute Gasteiger partial charge is 0.463 e. The molecule has 2 rings (SSSR count). The summed E-state index contributed by atoms with van der Waals surface area (Å²) >= 11 is 0. The van der Waals surface area contributed by atoms with Gasteiger partial charge in [-0.2, -0.15) is 8.42 Å². The van der Waals surface area contributed by atoms with Crippen molar-refractivity contribution in [2.24, 2.45) is 5.73 Å². The van der Waals surface area contributed by atoms with Crippen molar-refractivity contribution in [3.63, 3.8) is 0 Å². The molecule has 15 heteroatoms. The molecule has 1 aromatic heterocycles. The Morgan fingerprint density at radius 3 is 2.47 bits per heavy atom. The van der Waals surface area contributed by atoms with Crippen molar-refractivity contribution < 1.29 is 41.2 Å². The molecule has 0 radical (unpaired) electrons. The monoisotopic (exact) mass is 448 g/mol. The van der Waals surface area contributed by atoms with Crippen LogP contribution < -0.4 is 16.7 Å². The standard InChI is InChI=1S/C15H20N4O10S/c1-6(20)26-5-9-10(29-30(3,24)25)11(27-7(2)21)14(28-9)18-13-8(12(16)22)4-17-15(23)19-13/h4,9-11,14H,5H2,1-3H3,(H2,16,22)(H2,17,18,19,23)/t9-,10+,11-,14-/m1/s1. The zero-order valence-electron chi connectivity index (χ0n) is 16.1.